The van der Waals surface area contributed by atoms with E-state index in [4.69, 9.17) is 4.74 Å². The molecular weight excluding hydrogens is 246 g/mol. The van der Waals surface area contributed by atoms with Gasteiger partial charge in [-0.3, -0.25) is 0 Å². The van der Waals surface area contributed by atoms with Gasteiger partial charge in [-0.05, 0) is 43.9 Å². The van der Waals surface area contributed by atoms with Gasteiger partial charge in [-0.15, -0.1) is 0 Å². The first kappa shape index (κ1) is 17.0. The van der Waals surface area contributed by atoms with Crippen LogP contribution < -0.4 is 10.1 Å². The Balaban J connectivity index is 2.50. The highest BCUT2D eigenvalue weighted by atomic mass is 16.5. The van der Waals surface area contributed by atoms with Gasteiger partial charge >= 0.3 is 0 Å². The summed E-state index contributed by atoms with van der Waals surface area (Å²) in [6.07, 6.45) is 0. The molecule has 2 heteroatoms. The number of rotatable bonds is 5. The molecule has 0 aliphatic heterocycles. The first-order chi connectivity index (χ1) is 9.08. The zero-order valence-corrected chi connectivity index (χ0v) is 14.2. The summed E-state index contributed by atoms with van der Waals surface area (Å²) in [5.74, 6) is 1.47. The highest BCUT2D eigenvalue weighted by Gasteiger charge is 2.15. The van der Waals surface area contributed by atoms with E-state index in [1.54, 1.807) is 0 Å². The van der Waals surface area contributed by atoms with Crippen molar-refractivity contribution in [1.82, 2.24) is 5.32 Å². The molecule has 1 atom stereocenters. The van der Waals surface area contributed by atoms with Crippen LogP contribution in [-0.2, 0) is 5.41 Å². The summed E-state index contributed by atoms with van der Waals surface area (Å²) in [6.45, 7) is 17.2. The maximum absolute atomic E-state index is 5.93. The third-order valence-corrected chi connectivity index (χ3v) is 3.22. The van der Waals surface area contributed by atoms with Crippen LogP contribution in [0.2, 0.25) is 0 Å². The van der Waals surface area contributed by atoms with Crippen LogP contribution in [0, 0.1) is 5.92 Å². The lowest BCUT2D eigenvalue weighted by Crippen LogP contribution is -2.39. The van der Waals surface area contributed by atoms with Gasteiger partial charge in [0.25, 0.3) is 0 Å². The Kier molecular flexibility index (Phi) is 5.64. The lowest BCUT2D eigenvalue weighted by molar-refractivity contribution is 0.244. The first-order valence-corrected chi connectivity index (χ1v) is 7.56. The smallest absolute Gasteiger partial charge is 0.119 e. The van der Waals surface area contributed by atoms with Gasteiger partial charge in [0.2, 0.25) is 0 Å². The van der Waals surface area contributed by atoms with E-state index in [9.17, 15) is 0 Å². The zero-order valence-electron chi connectivity index (χ0n) is 14.2. The van der Waals surface area contributed by atoms with Crippen LogP contribution in [0.3, 0.4) is 0 Å². The Hall–Kier alpha value is -1.02. The number of benzene rings is 1. The SMILES string of the molecule is CC(CNC(C)(C)C)COc1cccc(C(C)(C)C)c1. The van der Waals surface area contributed by atoms with Gasteiger partial charge in [0.1, 0.15) is 5.75 Å². The van der Waals surface area contributed by atoms with Crippen molar-refractivity contribution >= 4 is 0 Å². The molecule has 0 aromatic heterocycles. The van der Waals surface area contributed by atoms with E-state index in [2.05, 4.69) is 72.0 Å². The Bertz CT molecular complexity index is 412. The normalized spacial score (nSPS) is 14.2. The van der Waals surface area contributed by atoms with Crippen LogP contribution in [0.25, 0.3) is 0 Å². The van der Waals surface area contributed by atoms with Crippen LogP contribution in [0.15, 0.2) is 24.3 Å². The average Bonchev–Trinajstić information content (AvgIpc) is 2.32. The summed E-state index contributed by atoms with van der Waals surface area (Å²) >= 11 is 0. The standard InChI is InChI=1S/C18H31NO/c1-14(12-19-18(5,6)7)13-20-16-10-8-9-15(11-16)17(2,3)4/h8-11,14,19H,12-13H2,1-7H3. The highest BCUT2D eigenvalue weighted by molar-refractivity contribution is 5.32. The van der Waals surface area contributed by atoms with Crippen molar-refractivity contribution < 1.29 is 4.74 Å². The minimum absolute atomic E-state index is 0.165. The lowest BCUT2D eigenvalue weighted by Gasteiger charge is -2.24. The molecule has 0 bridgehead atoms. The van der Waals surface area contributed by atoms with Gasteiger partial charge in [0.15, 0.2) is 0 Å². The Labute approximate surface area is 124 Å². The summed E-state index contributed by atoms with van der Waals surface area (Å²) < 4.78 is 5.93. The molecule has 0 fully saturated rings. The predicted molar refractivity (Wildman–Crippen MR) is 87.6 cm³/mol. The monoisotopic (exact) mass is 277 g/mol. The average molecular weight is 277 g/mol. The lowest BCUT2D eigenvalue weighted by atomic mass is 9.87. The quantitative estimate of drug-likeness (QED) is 0.862. The highest BCUT2D eigenvalue weighted by Crippen LogP contribution is 2.25. The summed E-state index contributed by atoms with van der Waals surface area (Å²) in [5, 5.41) is 3.51. The molecule has 0 aliphatic carbocycles. The molecule has 1 aromatic rings. The molecule has 1 aromatic carbocycles. The largest absolute Gasteiger partial charge is 0.493 e. The van der Waals surface area contributed by atoms with Gasteiger partial charge in [0.05, 0.1) is 6.61 Å². The Morgan fingerprint density at radius 2 is 1.75 bits per heavy atom. The summed E-state index contributed by atoms with van der Waals surface area (Å²) in [5.41, 5.74) is 1.65. The molecule has 0 spiro atoms. The zero-order chi connectivity index (χ0) is 15.4. The predicted octanol–water partition coefficient (Wildman–Crippen LogP) is 4.39. The first-order valence-electron chi connectivity index (χ1n) is 7.56. The van der Waals surface area contributed by atoms with Crippen LogP contribution in [0.5, 0.6) is 5.75 Å². The van der Waals surface area contributed by atoms with Crippen LogP contribution >= 0.6 is 0 Å². The van der Waals surface area contributed by atoms with Gasteiger partial charge in [-0.2, -0.15) is 0 Å². The van der Waals surface area contributed by atoms with Crippen molar-refractivity contribution in [2.45, 2.75) is 59.4 Å². The van der Waals surface area contributed by atoms with Crippen LogP contribution in [0.4, 0.5) is 0 Å². The maximum atomic E-state index is 5.93. The van der Waals surface area contributed by atoms with E-state index in [1.165, 1.54) is 5.56 Å². The molecular formula is C18H31NO. The molecule has 1 N–H and O–H groups in total. The fraction of sp³-hybridized carbons (Fsp3) is 0.667. The van der Waals surface area contributed by atoms with E-state index in [-0.39, 0.29) is 11.0 Å². The number of ether oxygens (including phenoxy) is 1. The number of hydrogen-bond acceptors (Lipinski definition) is 2. The second kappa shape index (κ2) is 6.62. The molecule has 0 saturated carbocycles. The second-order valence-electron chi connectivity index (χ2n) is 7.82. The van der Waals surface area contributed by atoms with E-state index < -0.39 is 0 Å². The van der Waals surface area contributed by atoms with Crippen molar-refractivity contribution in [2.24, 2.45) is 5.92 Å². The molecule has 0 amide bonds. The van der Waals surface area contributed by atoms with E-state index in [0.29, 0.717) is 5.92 Å². The van der Waals surface area contributed by atoms with E-state index in [1.807, 2.05) is 6.07 Å². The summed E-state index contributed by atoms with van der Waals surface area (Å²) in [7, 11) is 0. The van der Waals surface area contributed by atoms with Gasteiger partial charge in [-0.1, -0.05) is 39.8 Å². The van der Waals surface area contributed by atoms with Gasteiger partial charge in [-0.25, -0.2) is 0 Å². The van der Waals surface area contributed by atoms with Crippen molar-refractivity contribution in [3.8, 4) is 5.75 Å². The van der Waals surface area contributed by atoms with Gasteiger partial charge < -0.3 is 10.1 Å². The Morgan fingerprint density at radius 3 is 2.30 bits per heavy atom. The Morgan fingerprint density at radius 1 is 1.10 bits per heavy atom. The molecule has 1 unspecified atom stereocenters. The molecule has 114 valence electrons. The van der Waals surface area contributed by atoms with Crippen LogP contribution in [0.1, 0.15) is 54.0 Å². The minimum atomic E-state index is 0.165. The molecule has 1 rings (SSSR count). The van der Waals surface area contributed by atoms with Crippen LogP contribution in [-0.4, -0.2) is 18.7 Å². The summed E-state index contributed by atoms with van der Waals surface area (Å²) in [6, 6.07) is 8.44. The molecule has 0 radical (unpaired) electrons. The van der Waals surface area contributed by atoms with Crippen molar-refractivity contribution in [2.75, 3.05) is 13.2 Å². The minimum Gasteiger partial charge on any atom is -0.493 e. The molecule has 20 heavy (non-hydrogen) atoms. The third-order valence-electron chi connectivity index (χ3n) is 3.22. The fourth-order valence-corrected chi connectivity index (χ4v) is 1.83. The van der Waals surface area contributed by atoms with Crippen molar-refractivity contribution in [1.29, 1.82) is 0 Å². The third kappa shape index (κ3) is 6.42. The fourth-order valence-electron chi connectivity index (χ4n) is 1.83. The molecule has 0 heterocycles. The van der Waals surface area contributed by atoms with Gasteiger partial charge in [0, 0.05) is 18.0 Å². The molecule has 2 nitrogen and oxygen atoms in total. The topological polar surface area (TPSA) is 21.3 Å². The molecule has 0 aliphatic rings. The number of nitrogens with one attached hydrogen (secondary N) is 1. The van der Waals surface area contributed by atoms with Crippen molar-refractivity contribution in [3.05, 3.63) is 29.8 Å². The van der Waals surface area contributed by atoms with E-state index in [0.717, 1.165) is 18.9 Å². The van der Waals surface area contributed by atoms with E-state index >= 15 is 0 Å². The molecule has 0 saturated heterocycles. The van der Waals surface area contributed by atoms with Crippen molar-refractivity contribution in [3.63, 3.8) is 0 Å². The summed E-state index contributed by atoms with van der Waals surface area (Å²) in [4.78, 5) is 0. The number of hydrogen-bond donors (Lipinski definition) is 1. The maximum Gasteiger partial charge on any atom is 0.119 e. The second-order valence-corrected chi connectivity index (χ2v) is 7.82.